The first kappa shape index (κ1) is 9.56. The van der Waals surface area contributed by atoms with E-state index < -0.39 is 10.0 Å². The third kappa shape index (κ3) is 2.77. The van der Waals surface area contributed by atoms with Gasteiger partial charge in [-0.15, -0.1) is 0 Å². The Labute approximate surface area is 83.3 Å². The summed E-state index contributed by atoms with van der Waals surface area (Å²) < 4.78 is 26.0. The van der Waals surface area contributed by atoms with Gasteiger partial charge in [-0.1, -0.05) is 36.7 Å². The van der Waals surface area contributed by atoms with Crippen molar-refractivity contribution in [1.82, 2.24) is 0 Å². The Hall–Kier alpha value is 0.470. The van der Waals surface area contributed by atoms with E-state index in [9.17, 15) is 8.42 Å². The zero-order valence-corrected chi connectivity index (χ0v) is 9.85. The van der Waals surface area contributed by atoms with E-state index in [0.29, 0.717) is 0 Å². The molecule has 0 bridgehead atoms. The number of hydrogen-bond donors (Lipinski definition) is 1. The second kappa shape index (κ2) is 3.46. The molecule has 1 aliphatic heterocycles. The van der Waals surface area contributed by atoms with Gasteiger partial charge < -0.3 is 0 Å². The molecule has 0 aromatic heterocycles. The van der Waals surface area contributed by atoms with Crippen molar-refractivity contribution in [3.63, 3.8) is 0 Å². The van der Waals surface area contributed by atoms with E-state index in [4.69, 9.17) is 5.14 Å². The maximum atomic E-state index is 10.8. The average molecular weight is 350 g/mol. The van der Waals surface area contributed by atoms with Crippen molar-refractivity contribution >= 4 is 50.7 Å². The number of hydrogen-bond acceptors (Lipinski definition) is 2. The van der Waals surface area contributed by atoms with Gasteiger partial charge >= 0.3 is 0 Å². The highest BCUT2D eigenvalue weighted by molar-refractivity contribution is 14.2. The van der Waals surface area contributed by atoms with Crippen LogP contribution in [-0.2, 0) is 10.0 Å². The highest BCUT2D eigenvalue weighted by Crippen LogP contribution is 2.21. The topological polar surface area (TPSA) is 60.2 Å². The van der Waals surface area contributed by atoms with Crippen molar-refractivity contribution in [2.75, 3.05) is 0 Å². The lowest BCUT2D eigenvalue weighted by Gasteiger charge is -2.00. The van der Waals surface area contributed by atoms with E-state index in [0.717, 1.165) is 4.48 Å². The molecule has 0 saturated carbocycles. The average Bonchev–Trinajstić information content (AvgIpc) is 1.86. The molecule has 1 aliphatic rings. The van der Waals surface area contributed by atoms with Crippen molar-refractivity contribution in [3.8, 4) is 0 Å². The van der Waals surface area contributed by atoms with Crippen LogP contribution in [0, 0.1) is 0 Å². The molecule has 62 valence electrons. The molecule has 0 aromatic carbocycles. The van der Waals surface area contributed by atoms with Crippen LogP contribution in [0.3, 0.4) is 0 Å². The lowest BCUT2D eigenvalue weighted by molar-refractivity contribution is 0.605. The molecule has 0 radical (unpaired) electrons. The summed E-state index contributed by atoms with van der Waals surface area (Å²) in [5.41, 5.74) is 0. The fourth-order valence-electron chi connectivity index (χ4n) is 0.497. The summed E-state index contributed by atoms with van der Waals surface area (Å²) in [6.45, 7) is 0. The third-order valence-electron chi connectivity index (χ3n) is 0.946. The van der Waals surface area contributed by atoms with E-state index in [1.807, 2.05) is 4.08 Å². The van der Waals surface area contributed by atoms with Crippen molar-refractivity contribution in [2.45, 2.75) is 0 Å². The summed E-state index contributed by atoms with van der Waals surface area (Å²) in [7, 11) is -3.50. The Balaban J connectivity index is 3.14. The first-order chi connectivity index (χ1) is 5.00. The monoisotopic (exact) mass is 349 g/mol. The van der Waals surface area contributed by atoms with Gasteiger partial charge in [-0.25, -0.2) is 13.6 Å². The zero-order valence-electron chi connectivity index (χ0n) is 5.29. The van der Waals surface area contributed by atoms with Crippen LogP contribution in [0.1, 0.15) is 0 Å². The molecule has 0 fully saturated rings. The zero-order chi connectivity index (χ0) is 8.48. The predicted molar refractivity (Wildman–Crippen MR) is 58.3 cm³/mol. The lowest BCUT2D eigenvalue weighted by atomic mass is 10.5. The van der Waals surface area contributed by atoms with Crippen molar-refractivity contribution in [3.05, 3.63) is 19.5 Å². The second-order valence-corrected chi connectivity index (χ2v) is 6.26. The molecule has 2 N–H and O–H groups in total. The summed E-state index contributed by atoms with van der Waals surface area (Å²) in [4.78, 5) is 0.222. The highest BCUT2D eigenvalue weighted by Gasteiger charge is 2.10. The Bertz CT molecular complexity index is 355. The number of nitrogens with two attached hydrogens (primary N) is 1. The lowest BCUT2D eigenvalue weighted by Crippen LogP contribution is -2.15. The quantitative estimate of drug-likeness (QED) is 0.723. The number of rotatable bonds is 1. The molecule has 6 heteroatoms. The molecule has 1 heterocycles. The largest absolute Gasteiger partial charge is 0.238 e. The van der Waals surface area contributed by atoms with Crippen LogP contribution in [0.4, 0.5) is 0 Å². The minimum atomic E-state index is -3.50. The molecule has 1 rings (SSSR count). The normalized spacial score (nSPS) is 18.4. The number of sulfonamides is 1. The van der Waals surface area contributed by atoms with Crippen LogP contribution in [0.15, 0.2) is 19.5 Å². The van der Waals surface area contributed by atoms with Crippen LogP contribution >= 0.6 is 36.7 Å². The van der Waals surface area contributed by atoms with Crippen molar-refractivity contribution in [2.24, 2.45) is 5.14 Å². The summed E-state index contributed by atoms with van der Waals surface area (Å²) in [5.74, 6) is 0. The van der Waals surface area contributed by atoms with Gasteiger partial charge in [-0.2, -0.15) is 0 Å². The summed E-state index contributed by atoms with van der Waals surface area (Å²) in [6, 6.07) is 0. The van der Waals surface area contributed by atoms with Crippen LogP contribution in [0.5, 0.6) is 0 Å². The van der Waals surface area contributed by atoms with Gasteiger partial charge in [0.2, 0.25) is 10.0 Å². The molecule has 0 spiro atoms. The maximum Gasteiger partial charge on any atom is 0.238 e. The molecule has 0 unspecified atom stereocenters. The van der Waals surface area contributed by atoms with E-state index in [2.05, 4.69) is 15.9 Å². The van der Waals surface area contributed by atoms with Gasteiger partial charge in [0.1, 0.15) is 0 Å². The predicted octanol–water partition coefficient (Wildman–Crippen LogP) is 1.18. The molecule has 0 aliphatic carbocycles. The summed E-state index contributed by atoms with van der Waals surface area (Å²) >= 11 is 2.90. The van der Waals surface area contributed by atoms with E-state index >= 15 is 0 Å². The van der Waals surface area contributed by atoms with Crippen molar-refractivity contribution in [1.29, 1.82) is 0 Å². The summed E-state index contributed by atoms with van der Waals surface area (Å²) in [6.07, 6.45) is 1.51. The summed E-state index contributed by atoms with van der Waals surface area (Å²) in [5, 5.41) is 4.91. The molecule has 11 heavy (non-hydrogen) atoms. The molecule has 0 aromatic rings. The van der Waals surface area contributed by atoms with Gasteiger partial charge in [-0.3, -0.25) is 0 Å². The van der Waals surface area contributed by atoms with Crippen LogP contribution in [0.25, 0.3) is 0 Å². The molecule has 0 atom stereocenters. The Kier molecular flexibility index (Phi) is 3.01. The number of halogens is 2. The molecule has 0 saturated heterocycles. The van der Waals surface area contributed by atoms with Crippen LogP contribution in [-0.4, -0.2) is 12.4 Å². The first-order valence-corrected chi connectivity index (χ1v) is 7.38. The van der Waals surface area contributed by atoms with E-state index in [1.165, 1.54) is 6.08 Å². The highest BCUT2D eigenvalue weighted by atomic mass is 127. The first-order valence-electron chi connectivity index (χ1n) is 2.55. The third-order valence-corrected chi connectivity index (χ3v) is 5.64. The van der Waals surface area contributed by atoms with Crippen LogP contribution < -0.4 is 5.14 Å². The molecular weight excluding hydrogens is 345 g/mol. The SMILES string of the molecule is NS(=O)(=O)C1=CC(Br)=CI=C1. The Morgan fingerprint density at radius 1 is 1.55 bits per heavy atom. The van der Waals surface area contributed by atoms with E-state index in [1.54, 1.807) is 4.01 Å². The van der Waals surface area contributed by atoms with Crippen LogP contribution in [0.2, 0.25) is 0 Å². The van der Waals surface area contributed by atoms with Gasteiger partial charge in [0.25, 0.3) is 0 Å². The van der Waals surface area contributed by atoms with Crippen molar-refractivity contribution < 1.29 is 8.42 Å². The minimum absolute atomic E-state index is 0.222. The molecule has 0 amide bonds. The Morgan fingerprint density at radius 3 is 2.55 bits per heavy atom. The van der Waals surface area contributed by atoms with Gasteiger partial charge in [0.15, 0.2) is 0 Å². The number of primary sulfonamides is 1. The van der Waals surface area contributed by atoms with Gasteiger partial charge in [-0.05, 0) is 14.2 Å². The maximum absolute atomic E-state index is 10.8. The second-order valence-electron chi connectivity index (χ2n) is 1.82. The standard InChI is InChI=1S/C5H5BrINO2S/c6-4-1-5(3-7-2-4)11(8,9)10/h1-3H,(H2,8,9,10). The molecular formula is C5H5BrINO2S. The fraction of sp³-hybridized carbons (Fsp3) is 0. The fourth-order valence-corrected chi connectivity index (χ4v) is 4.63. The van der Waals surface area contributed by atoms with Gasteiger partial charge in [0.05, 0.1) is 4.91 Å². The smallest absolute Gasteiger partial charge is 0.225 e. The minimum Gasteiger partial charge on any atom is -0.225 e. The van der Waals surface area contributed by atoms with E-state index in [-0.39, 0.29) is 25.6 Å². The number of allylic oxidation sites excluding steroid dienone is 3. The van der Waals surface area contributed by atoms with Gasteiger partial charge in [0, 0.05) is 4.48 Å². The molecule has 3 nitrogen and oxygen atoms in total. The Morgan fingerprint density at radius 2 is 2.18 bits per heavy atom.